The van der Waals surface area contributed by atoms with Crippen LogP contribution in [0.5, 0.6) is 17.2 Å². The Morgan fingerprint density at radius 3 is 2.07 bits per heavy atom. The monoisotopic (exact) mass is 1270 g/mol. The summed E-state index contributed by atoms with van der Waals surface area (Å²) in [6.07, 6.45) is -17.3. The van der Waals surface area contributed by atoms with Gasteiger partial charge >= 0.3 is 10.4 Å². The Morgan fingerprint density at radius 1 is 0.787 bits per heavy atom. The third kappa shape index (κ3) is 16.9. The van der Waals surface area contributed by atoms with Crippen molar-refractivity contribution in [3.05, 3.63) is 83.9 Å². The Bertz CT molecular complexity index is 3340. The lowest BCUT2D eigenvalue weighted by molar-refractivity contribution is -0.149. The van der Waals surface area contributed by atoms with Crippen LogP contribution in [-0.4, -0.2) is 220 Å². The second kappa shape index (κ2) is 29.3. The van der Waals surface area contributed by atoms with Crippen LogP contribution >= 0.6 is 0 Å². The van der Waals surface area contributed by atoms with Gasteiger partial charge in [0.2, 0.25) is 41.4 Å². The Morgan fingerprint density at radius 2 is 1.43 bits per heavy atom. The van der Waals surface area contributed by atoms with Gasteiger partial charge < -0.3 is 102 Å². The number of aliphatic hydroxyl groups is 8. The maximum Gasteiger partial charge on any atom is 0.446 e. The minimum atomic E-state index is -5.35. The van der Waals surface area contributed by atoms with E-state index in [2.05, 4.69) is 32.2 Å². The number of ether oxygens (including phenoxy) is 1. The summed E-state index contributed by atoms with van der Waals surface area (Å²) in [5.41, 5.74) is 6.17. The summed E-state index contributed by atoms with van der Waals surface area (Å²) < 4.78 is 48.1. The lowest BCUT2D eigenvalue weighted by Gasteiger charge is -2.34. The number of benzene rings is 3. The molecule has 17 N–H and O–H groups in total. The first-order chi connectivity index (χ1) is 42.0. The molecule has 484 valence electrons. The summed E-state index contributed by atoms with van der Waals surface area (Å²) in [6.45, 7) is 3.74. The van der Waals surface area contributed by atoms with Gasteiger partial charge in [0.1, 0.15) is 66.0 Å². The van der Waals surface area contributed by atoms with Crippen molar-refractivity contribution in [3.63, 3.8) is 0 Å². The van der Waals surface area contributed by atoms with E-state index < -0.39 is 198 Å². The maximum absolute atomic E-state index is 14.7. The molecule has 4 heterocycles. The van der Waals surface area contributed by atoms with Gasteiger partial charge in [0, 0.05) is 54.6 Å². The largest absolute Gasteiger partial charge is 0.504 e. The first kappa shape index (κ1) is 68.1. The molecule has 0 radical (unpaired) electrons. The van der Waals surface area contributed by atoms with Gasteiger partial charge in [-0.05, 0) is 67.4 Å². The van der Waals surface area contributed by atoms with E-state index in [0.29, 0.717) is 56.9 Å². The van der Waals surface area contributed by atoms with Crippen LogP contribution in [-0.2, 0) is 44.0 Å². The van der Waals surface area contributed by atoms with Crippen LogP contribution in [0.25, 0.3) is 22.6 Å². The van der Waals surface area contributed by atoms with Gasteiger partial charge in [0.25, 0.3) is 5.91 Å². The van der Waals surface area contributed by atoms with Gasteiger partial charge in [0.05, 0.1) is 37.4 Å². The minimum Gasteiger partial charge on any atom is -0.504 e. The molecule has 3 aromatic carbocycles. The lowest BCUT2D eigenvalue weighted by Crippen LogP contribution is -2.64. The maximum atomic E-state index is 14.7. The van der Waals surface area contributed by atoms with E-state index in [1.165, 1.54) is 31.2 Å². The molecule has 0 saturated carbocycles. The molecule has 33 heteroatoms. The van der Waals surface area contributed by atoms with E-state index in [0.717, 1.165) is 32.3 Å². The first-order valence-corrected chi connectivity index (χ1v) is 29.5. The van der Waals surface area contributed by atoms with E-state index in [1.807, 2.05) is 10.6 Å². The van der Waals surface area contributed by atoms with Crippen LogP contribution in [0.15, 0.2) is 77.3 Å². The van der Waals surface area contributed by atoms with Crippen LogP contribution in [0.3, 0.4) is 0 Å². The molecule has 89 heavy (non-hydrogen) atoms. The van der Waals surface area contributed by atoms with Gasteiger partial charge in [-0.1, -0.05) is 50.0 Å². The number of aliphatic hydroxyl groups excluding tert-OH is 8. The number of rotatable bonds is 18. The first-order valence-electron chi connectivity index (χ1n) is 28.1. The van der Waals surface area contributed by atoms with E-state index in [9.17, 15) is 97.3 Å². The van der Waals surface area contributed by atoms with Crippen molar-refractivity contribution in [3.8, 4) is 39.8 Å². The Kier molecular flexibility index (Phi) is 22.4. The number of phenolic OH excluding ortho intramolecular Hbond substituents is 1. The van der Waals surface area contributed by atoms with Crippen LogP contribution < -0.4 is 41.2 Å². The molecule has 0 bridgehead atoms. The fraction of sp³-hybridized carbons (Fsp3) is 0.482. The SMILES string of the molecule is CCCCCOc1ccc(-c2cc(-c3ccc(C(=O)N[C@H]4C[C@H](O)[C@H](O)NC(=O)[C@H]5[C@H](O)[C@H](C)CN5C(=O)[C@@H]([C@@H](O)CC(N)=O)NC(=O)[C@@H]([C@@H](O)[C@H](O)c5ccc(O)c(OS(=O)(=O)O)c5)NC(=O)[C@H]5C[C@H](O)CN5C(=O)[C@@H]([C@H](C)O)NC4=O)cc3)no2)cc1. The number of fused-ring (bicyclic) bond motifs is 2. The molecule has 3 saturated heterocycles. The van der Waals surface area contributed by atoms with Crippen molar-refractivity contribution >= 4 is 57.7 Å². The number of carbonyl (C=O) groups is 8. The van der Waals surface area contributed by atoms with Crippen molar-refractivity contribution in [2.24, 2.45) is 11.7 Å². The predicted octanol–water partition coefficient (Wildman–Crippen LogP) is -3.90. The van der Waals surface area contributed by atoms with Gasteiger partial charge in [-0.2, -0.15) is 8.42 Å². The van der Waals surface area contributed by atoms with E-state index in [1.54, 1.807) is 30.3 Å². The minimum absolute atomic E-state index is 0.107. The molecule has 3 fully saturated rings. The van der Waals surface area contributed by atoms with Crippen LogP contribution in [0.2, 0.25) is 0 Å². The van der Waals surface area contributed by atoms with Gasteiger partial charge in [-0.25, -0.2) is 0 Å². The molecule has 0 unspecified atom stereocenters. The quantitative estimate of drug-likeness (QED) is 0.0334. The lowest BCUT2D eigenvalue weighted by atomic mass is 9.96. The second-order valence-corrected chi connectivity index (χ2v) is 22.9. The zero-order valence-corrected chi connectivity index (χ0v) is 48.9. The van der Waals surface area contributed by atoms with Gasteiger partial charge in [-0.3, -0.25) is 42.9 Å². The summed E-state index contributed by atoms with van der Waals surface area (Å²) in [5, 5.41) is 116. The van der Waals surface area contributed by atoms with Gasteiger partial charge in [-0.15, -0.1) is 0 Å². The number of hydrogen-bond acceptors (Lipinski definition) is 23. The topological polar surface area (TPSA) is 510 Å². The zero-order valence-electron chi connectivity index (χ0n) is 48.1. The third-order valence-corrected chi connectivity index (χ3v) is 15.6. The van der Waals surface area contributed by atoms with E-state index in [4.69, 9.17) is 15.0 Å². The summed E-state index contributed by atoms with van der Waals surface area (Å²) >= 11 is 0. The number of nitrogens with two attached hydrogens (primary N) is 1. The van der Waals surface area contributed by atoms with E-state index >= 15 is 0 Å². The number of unbranched alkanes of at least 4 members (excludes halogenated alkanes) is 2. The Balaban J connectivity index is 1.22. The number of carbonyl (C=O) groups excluding carboxylic acids is 8. The van der Waals surface area contributed by atoms with Crippen LogP contribution in [0, 0.1) is 5.92 Å². The van der Waals surface area contributed by atoms with Crippen molar-refractivity contribution in [2.75, 3.05) is 19.7 Å². The molecule has 4 aromatic rings. The van der Waals surface area contributed by atoms with E-state index in [-0.39, 0.29) is 5.56 Å². The van der Waals surface area contributed by atoms with Crippen LogP contribution in [0.4, 0.5) is 0 Å². The number of aromatic hydroxyl groups is 1. The summed E-state index contributed by atoms with van der Waals surface area (Å²) in [6, 6.07) is 3.52. The number of hydrogen-bond donors (Lipinski definition) is 16. The van der Waals surface area contributed by atoms with Crippen molar-refractivity contribution < 1.29 is 111 Å². The normalized spacial score (nSPS) is 26.4. The van der Waals surface area contributed by atoms with Crippen molar-refractivity contribution in [1.82, 2.24) is 41.5 Å². The molecule has 0 aliphatic carbocycles. The fourth-order valence-electron chi connectivity index (χ4n) is 10.3. The molecule has 3 aliphatic rings. The highest BCUT2D eigenvalue weighted by molar-refractivity contribution is 7.81. The molecule has 1 aromatic heterocycles. The van der Waals surface area contributed by atoms with Gasteiger partial charge in [0.15, 0.2) is 23.5 Å². The smallest absolute Gasteiger partial charge is 0.446 e. The molecule has 32 nitrogen and oxygen atoms in total. The summed E-state index contributed by atoms with van der Waals surface area (Å²) in [4.78, 5) is 115. The highest BCUT2D eigenvalue weighted by atomic mass is 32.3. The second-order valence-electron chi connectivity index (χ2n) is 21.9. The Hall–Kier alpha value is -8.38. The van der Waals surface area contributed by atoms with Crippen molar-refractivity contribution in [1.29, 1.82) is 0 Å². The highest BCUT2D eigenvalue weighted by Gasteiger charge is 2.51. The summed E-state index contributed by atoms with van der Waals surface area (Å²) in [5.74, 6) is -12.9. The highest BCUT2D eigenvalue weighted by Crippen LogP contribution is 2.34. The molecule has 7 rings (SSSR count). The Labute approximate surface area is 507 Å². The number of primary amides is 1. The number of nitrogens with zero attached hydrogens (tertiary/aromatic N) is 3. The molecule has 3 aliphatic heterocycles. The third-order valence-electron chi connectivity index (χ3n) is 15.2. The number of phenols is 1. The predicted molar refractivity (Wildman–Crippen MR) is 304 cm³/mol. The molecule has 0 spiro atoms. The summed E-state index contributed by atoms with van der Waals surface area (Å²) in [7, 11) is -5.35. The zero-order chi connectivity index (χ0) is 65.3. The standard InChI is InChI=1S/C56H71N9O23S/c1-4-5-6-17-86-32-14-11-28(12-15-32)39-21-33(63-87-39)27-7-9-29(10-8-27)49(75)58-34-20-38(70)52(78)62-54(80)45-46(72)25(2)23-65(45)56(82)43(37(69)22-41(57)71)60-53(79)44(48(74)47(73)30-13-16-36(68)40(18-30)88-89(83,84)85)61-51(77)35-19-31(67)24-64(35)55(81)42(26(3)66)59-50(34)76/h7-16,18,21,25-26,31,34-35,37-38,42-48,52,66-70,72-74,78H,4-6,17,19-20,22-24H2,1-3H3,(H2,57,71)(H,58,75)(H,59,76)(H,60,79)(H,61,77)(H,62,80)(H,83,84,85)/t25-,26+,31+,34+,35-,37+,38+,42-,43-,44-,45-,46-,47-,48-,52+/m1/s1. The van der Waals surface area contributed by atoms with Crippen LogP contribution in [0.1, 0.15) is 81.3 Å². The van der Waals surface area contributed by atoms with Crippen molar-refractivity contribution in [2.45, 2.75) is 145 Å². The molecule has 8 amide bonds. The number of amides is 8. The molecule has 15 atom stereocenters. The number of aromatic nitrogens is 1. The molecular weight excluding hydrogens is 1200 g/mol. The fourth-order valence-corrected chi connectivity index (χ4v) is 10.7. The number of nitrogens with one attached hydrogen (secondary N) is 5. The average molecular weight is 1270 g/mol. The average Bonchev–Trinajstić information content (AvgIpc) is 2.76. The molecular formula is C56H71N9O23S.